The van der Waals surface area contributed by atoms with E-state index in [1.165, 1.54) is 12.1 Å². The molecule has 0 saturated heterocycles. The van der Waals surface area contributed by atoms with Gasteiger partial charge in [0.15, 0.2) is 0 Å². The fraction of sp³-hybridized carbons (Fsp3) is 0.538. The zero-order valence-electron chi connectivity index (χ0n) is 11.5. The van der Waals surface area contributed by atoms with Crippen molar-refractivity contribution in [3.63, 3.8) is 0 Å². The van der Waals surface area contributed by atoms with Gasteiger partial charge in [-0.3, -0.25) is 4.18 Å². The summed E-state index contributed by atoms with van der Waals surface area (Å²) in [5.74, 6) is 0. The van der Waals surface area contributed by atoms with Crippen LogP contribution in [0.5, 0.6) is 0 Å². The Balaban J connectivity index is 2.92. The van der Waals surface area contributed by atoms with Crippen molar-refractivity contribution in [1.82, 2.24) is 0 Å². The summed E-state index contributed by atoms with van der Waals surface area (Å²) in [5, 5.41) is 8.99. The van der Waals surface area contributed by atoms with Crippen LogP contribution in [-0.4, -0.2) is 26.2 Å². The van der Waals surface area contributed by atoms with E-state index in [4.69, 9.17) is 44.1 Å². The maximum atomic E-state index is 12.3. The second-order valence-electron chi connectivity index (χ2n) is 4.50. The van der Waals surface area contributed by atoms with E-state index < -0.39 is 16.2 Å². The minimum atomic E-state index is -4.02. The SMILES string of the molecule is CCC(CCCCO)OS(=O)(=O)c1cc(Cl)c(Cl)cc1Cl. The Morgan fingerprint density at radius 1 is 1.14 bits per heavy atom. The molecule has 4 nitrogen and oxygen atoms in total. The van der Waals surface area contributed by atoms with Gasteiger partial charge in [0.1, 0.15) is 4.90 Å². The molecule has 0 amide bonds. The Labute approximate surface area is 140 Å². The van der Waals surface area contributed by atoms with Gasteiger partial charge in [0, 0.05) is 6.61 Å². The van der Waals surface area contributed by atoms with Crippen LogP contribution in [0, 0.1) is 0 Å². The number of hydrogen-bond donors (Lipinski definition) is 1. The van der Waals surface area contributed by atoms with Crippen molar-refractivity contribution in [3.05, 3.63) is 27.2 Å². The molecule has 8 heteroatoms. The molecule has 1 aromatic carbocycles. The molecule has 0 aliphatic heterocycles. The van der Waals surface area contributed by atoms with Crippen LogP contribution in [0.2, 0.25) is 15.1 Å². The molecule has 120 valence electrons. The van der Waals surface area contributed by atoms with Crippen LogP contribution in [0.1, 0.15) is 32.6 Å². The van der Waals surface area contributed by atoms with E-state index >= 15 is 0 Å². The minimum absolute atomic E-state index is 0.0328. The maximum Gasteiger partial charge on any atom is 0.298 e. The molecule has 0 aliphatic carbocycles. The third kappa shape index (κ3) is 5.58. The second-order valence-corrected chi connectivity index (χ2v) is 7.26. The smallest absolute Gasteiger partial charge is 0.298 e. The minimum Gasteiger partial charge on any atom is -0.396 e. The maximum absolute atomic E-state index is 12.3. The highest BCUT2D eigenvalue weighted by Gasteiger charge is 2.24. The third-order valence-corrected chi connectivity index (χ3v) is 5.45. The third-order valence-electron chi connectivity index (χ3n) is 2.90. The van der Waals surface area contributed by atoms with Crippen LogP contribution >= 0.6 is 34.8 Å². The molecule has 1 rings (SSSR count). The van der Waals surface area contributed by atoms with Gasteiger partial charge in [0.05, 0.1) is 21.2 Å². The highest BCUT2D eigenvalue weighted by atomic mass is 35.5. The van der Waals surface area contributed by atoms with E-state index in [0.717, 1.165) is 0 Å². The van der Waals surface area contributed by atoms with Crippen molar-refractivity contribution >= 4 is 44.9 Å². The highest BCUT2D eigenvalue weighted by molar-refractivity contribution is 7.87. The Kier molecular flexibility index (Phi) is 7.74. The summed E-state index contributed by atoms with van der Waals surface area (Å²) in [6, 6.07) is 2.45. The summed E-state index contributed by atoms with van der Waals surface area (Å²) in [6.07, 6.45) is 1.89. The van der Waals surface area contributed by atoms with Gasteiger partial charge in [-0.2, -0.15) is 8.42 Å². The quantitative estimate of drug-likeness (QED) is 0.418. The van der Waals surface area contributed by atoms with Crippen molar-refractivity contribution < 1.29 is 17.7 Å². The van der Waals surface area contributed by atoms with E-state index in [0.29, 0.717) is 25.7 Å². The first-order valence-electron chi connectivity index (χ1n) is 6.50. The number of unbranched alkanes of at least 4 members (excludes halogenated alkanes) is 1. The first-order valence-corrected chi connectivity index (χ1v) is 9.04. The molecule has 0 fully saturated rings. The lowest BCUT2D eigenvalue weighted by molar-refractivity contribution is 0.185. The van der Waals surface area contributed by atoms with Crippen molar-refractivity contribution in [3.8, 4) is 0 Å². The van der Waals surface area contributed by atoms with Gasteiger partial charge in [0.25, 0.3) is 10.1 Å². The molecule has 0 radical (unpaired) electrons. The second kappa shape index (κ2) is 8.56. The molecule has 0 spiro atoms. The standard InChI is InChI=1S/C13H17Cl3O4S/c1-2-9(5-3-4-6-17)20-21(18,19)13-8-11(15)10(14)7-12(13)16/h7-9,17H,2-6H2,1H3. The Hall–Kier alpha value is -0.0400. The molecule has 1 unspecified atom stereocenters. The number of rotatable bonds is 8. The predicted molar refractivity (Wildman–Crippen MR) is 84.8 cm³/mol. The summed E-state index contributed by atoms with van der Waals surface area (Å²) < 4.78 is 29.7. The Morgan fingerprint density at radius 3 is 2.33 bits per heavy atom. The number of hydrogen-bond acceptors (Lipinski definition) is 4. The number of halogens is 3. The van der Waals surface area contributed by atoms with Crippen LogP contribution in [0.3, 0.4) is 0 Å². The van der Waals surface area contributed by atoms with Crippen molar-refractivity contribution in [1.29, 1.82) is 0 Å². The molecule has 21 heavy (non-hydrogen) atoms. The van der Waals surface area contributed by atoms with Gasteiger partial charge < -0.3 is 5.11 Å². The summed E-state index contributed by atoms with van der Waals surface area (Å²) in [7, 11) is -4.02. The van der Waals surface area contributed by atoms with Crippen molar-refractivity contribution in [2.24, 2.45) is 0 Å². The molecule has 0 aliphatic rings. The molecular weight excluding hydrogens is 359 g/mol. The average Bonchev–Trinajstić information content (AvgIpc) is 2.41. The highest BCUT2D eigenvalue weighted by Crippen LogP contribution is 2.33. The lowest BCUT2D eigenvalue weighted by atomic mass is 10.1. The molecule has 0 heterocycles. The summed E-state index contributed by atoms with van der Waals surface area (Å²) in [5.41, 5.74) is 0. The van der Waals surface area contributed by atoms with E-state index in [1.54, 1.807) is 0 Å². The molecule has 1 atom stereocenters. The van der Waals surface area contributed by atoms with Crippen molar-refractivity contribution in [2.45, 2.75) is 43.6 Å². The molecule has 0 bridgehead atoms. The lowest BCUT2D eigenvalue weighted by Crippen LogP contribution is -2.18. The predicted octanol–water partition coefficient (Wildman–Crippen LogP) is 4.29. The number of benzene rings is 1. The number of aliphatic hydroxyl groups is 1. The van der Waals surface area contributed by atoms with Crippen LogP contribution in [0.15, 0.2) is 17.0 Å². The van der Waals surface area contributed by atoms with Crippen LogP contribution in [0.25, 0.3) is 0 Å². The average molecular weight is 376 g/mol. The fourth-order valence-electron chi connectivity index (χ4n) is 1.73. The van der Waals surface area contributed by atoms with E-state index in [2.05, 4.69) is 0 Å². The summed E-state index contributed by atoms with van der Waals surface area (Å²) >= 11 is 17.5. The molecular formula is C13H17Cl3O4S. The Bertz CT molecular complexity index is 575. The zero-order chi connectivity index (χ0) is 16.0. The largest absolute Gasteiger partial charge is 0.396 e. The van der Waals surface area contributed by atoms with Gasteiger partial charge in [-0.15, -0.1) is 0 Å². The molecule has 1 N–H and O–H groups in total. The van der Waals surface area contributed by atoms with E-state index in [1.807, 2.05) is 6.92 Å². The topological polar surface area (TPSA) is 63.6 Å². The Morgan fingerprint density at radius 2 is 1.76 bits per heavy atom. The normalized spacial score (nSPS) is 13.4. The monoisotopic (exact) mass is 374 g/mol. The van der Waals surface area contributed by atoms with Gasteiger partial charge in [-0.1, -0.05) is 41.7 Å². The first kappa shape index (κ1) is 19.0. The zero-order valence-corrected chi connectivity index (χ0v) is 14.6. The molecule has 0 saturated carbocycles. The molecule has 0 aromatic heterocycles. The van der Waals surface area contributed by atoms with Crippen molar-refractivity contribution in [2.75, 3.05) is 6.61 Å². The summed E-state index contributed by atoms with van der Waals surface area (Å²) in [6.45, 7) is 1.90. The van der Waals surface area contributed by atoms with E-state index in [9.17, 15) is 8.42 Å². The first-order chi connectivity index (χ1) is 9.81. The number of aliphatic hydroxyl groups excluding tert-OH is 1. The lowest BCUT2D eigenvalue weighted by Gasteiger charge is -2.16. The fourth-order valence-corrected chi connectivity index (χ4v) is 3.88. The van der Waals surface area contributed by atoms with Gasteiger partial charge in [0.2, 0.25) is 0 Å². The van der Waals surface area contributed by atoms with Gasteiger partial charge in [-0.05, 0) is 37.8 Å². The van der Waals surface area contributed by atoms with Crippen LogP contribution < -0.4 is 0 Å². The molecule has 1 aromatic rings. The van der Waals surface area contributed by atoms with E-state index in [-0.39, 0.29) is 26.6 Å². The summed E-state index contributed by atoms with van der Waals surface area (Å²) in [4.78, 5) is -0.195. The van der Waals surface area contributed by atoms with Gasteiger partial charge >= 0.3 is 0 Å². The van der Waals surface area contributed by atoms with Crippen LogP contribution in [0.4, 0.5) is 0 Å². The van der Waals surface area contributed by atoms with Gasteiger partial charge in [-0.25, -0.2) is 0 Å². The van der Waals surface area contributed by atoms with Crippen LogP contribution in [-0.2, 0) is 14.3 Å².